The molecule has 88 valence electrons. The summed E-state index contributed by atoms with van der Waals surface area (Å²) in [6, 6.07) is 3.78. The van der Waals surface area contributed by atoms with Gasteiger partial charge in [-0.15, -0.1) is 0 Å². The minimum Gasteiger partial charge on any atom is -0.307 e. The number of fused-ring (bicyclic) bond motifs is 1. The second kappa shape index (κ2) is 4.16. The summed E-state index contributed by atoms with van der Waals surface area (Å²) in [5, 5.41) is 2.95. The lowest BCUT2D eigenvalue weighted by molar-refractivity contribution is 0.472. The molecule has 3 heterocycles. The van der Waals surface area contributed by atoms with Crippen LogP contribution in [-0.4, -0.2) is 27.7 Å². The summed E-state index contributed by atoms with van der Waals surface area (Å²) in [5.74, 6) is 0. The van der Waals surface area contributed by atoms with Crippen LogP contribution < -0.4 is 10.7 Å². The van der Waals surface area contributed by atoms with E-state index in [-0.39, 0.29) is 5.69 Å². The van der Waals surface area contributed by atoms with Crippen molar-refractivity contribution in [1.82, 2.24) is 14.6 Å². The van der Waals surface area contributed by atoms with Gasteiger partial charge in [0.1, 0.15) is 0 Å². The molecule has 0 N–H and O–H groups in total. The predicted molar refractivity (Wildman–Crippen MR) is 65.6 cm³/mol. The predicted octanol–water partition coefficient (Wildman–Crippen LogP) is 0.913. The Labute approximate surface area is 98.7 Å². The molecule has 2 aromatic heterocycles. The Morgan fingerprint density at radius 1 is 1.12 bits per heavy atom. The zero-order valence-electron chi connectivity index (χ0n) is 9.54. The summed E-state index contributed by atoms with van der Waals surface area (Å²) in [6.07, 6.45) is 6.77. The summed E-state index contributed by atoms with van der Waals surface area (Å²) < 4.78 is 1.62. The average molecular weight is 230 g/mol. The molecule has 1 aliphatic rings. The van der Waals surface area contributed by atoms with Gasteiger partial charge in [0.25, 0.3) is 0 Å². The van der Waals surface area contributed by atoms with Gasteiger partial charge in [0.15, 0.2) is 5.65 Å². The molecule has 2 aromatic rings. The van der Waals surface area contributed by atoms with Crippen LogP contribution >= 0.6 is 0 Å². The third-order valence-corrected chi connectivity index (χ3v) is 3.13. The number of pyridine rings is 1. The first-order chi connectivity index (χ1) is 8.36. The van der Waals surface area contributed by atoms with Gasteiger partial charge in [0.2, 0.25) is 0 Å². The molecule has 0 spiro atoms. The van der Waals surface area contributed by atoms with Crippen molar-refractivity contribution in [2.75, 3.05) is 18.1 Å². The van der Waals surface area contributed by atoms with E-state index in [1.165, 1.54) is 6.42 Å². The van der Waals surface area contributed by atoms with Crippen molar-refractivity contribution < 1.29 is 0 Å². The minimum atomic E-state index is -0.238. The topological polar surface area (TPSA) is 51.0 Å². The first-order valence-electron chi connectivity index (χ1n) is 5.94. The van der Waals surface area contributed by atoms with E-state index in [2.05, 4.69) is 9.97 Å². The van der Waals surface area contributed by atoms with Crippen LogP contribution in [0, 0.1) is 0 Å². The minimum absolute atomic E-state index is 0.238. The number of hydrogen-bond acceptors (Lipinski definition) is 4. The molecule has 0 aromatic carbocycles. The second-order valence-corrected chi connectivity index (χ2v) is 4.28. The Morgan fingerprint density at radius 2 is 1.94 bits per heavy atom. The van der Waals surface area contributed by atoms with Crippen LogP contribution in [-0.2, 0) is 0 Å². The summed E-state index contributed by atoms with van der Waals surface area (Å²) in [6.45, 7) is 1.80. The molecular weight excluding hydrogens is 216 g/mol. The van der Waals surface area contributed by atoms with Crippen molar-refractivity contribution in [2.45, 2.75) is 19.3 Å². The van der Waals surface area contributed by atoms with Gasteiger partial charge in [0.05, 0.1) is 0 Å². The van der Waals surface area contributed by atoms with Gasteiger partial charge in [-0.05, 0) is 31.4 Å². The van der Waals surface area contributed by atoms with E-state index in [1.54, 1.807) is 17.1 Å². The SMILES string of the molecule is O=c1ncc2cccnc2n1N1CCCCC1. The number of hydrogen-bond donors (Lipinski definition) is 0. The molecule has 1 saturated heterocycles. The molecule has 0 unspecified atom stereocenters. The highest BCUT2D eigenvalue weighted by atomic mass is 16.2. The van der Waals surface area contributed by atoms with E-state index in [0.29, 0.717) is 5.65 Å². The van der Waals surface area contributed by atoms with Gasteiger partial charge in [0, 0.05) is 30.9 Å². The van der Waals surface area contributed by atoms with Crippen LogP contribution in [0.25, 0.3) is 11.0 Å². The van der Waals surface area contributed by atoms with Gasteiger partial charge in [-0.3, -0.25) is 0 Å². The zero-order chi connectivity index (χ0) is 11.7. The van der Waals surface area contributed by atoms with E-state index in [1.807, 2.05) is 17.1 Å². The van der Waals surface area contributed by atoms with Crippen LogP contribution in [0.4, 0.5) is 0 Å². The quantitative estimate of drug-likeness (QED) is 0.730. The molecule has 0 saturated carbocycles. The van der Waals surface area contributed by atoms with Crippen molar-refractivity contribution >= 4 is 11.0 Å². The molecule has 0 bridgehead atoms. The van der Waals surface area contributed by atoms with Gasteiger partial charge in [-0.1, -0.05) is 0 Å². The monoisotopic (exact) mass is 230 g/mol. The summed E-state index contributed by atoms with van der Waals surface area (Å²) in [7, 11) is 0. The van der Waals surface area contributed by atoms with Crippen molar-refractivity contribution in [1.29, 1.82) is 0 Å². The molecule has 3 rings (SSSR count). The Kier molecular flexibility index (Phi) is 2.51. The molecule has 17 heavy (non-hydrogen) atoms. The molecule has 1 fully saturated rings. The molecule has 1 aliphatic heterocycles. The van der Waals surface area contributed by atoms with E-state index < -0.39 is 0 Å². The van der Waals surface area contributed by atoms with E-state index in [0.717, 1.165) is 31.3 Å². The number of rotatable bonds is 1. The van der Waals surface area contributed by atoms with Gasteiger partial charge < -0.3 is 5.01 Å². The largest absolute Gasteiger partial charge is 0.368 e. The van der Waals surface area contributed by atoms with Crippen LogP contribution in [0.5, 0.6) is 0 Å². The van der Waals surface area contributed by atoms with E-state index in [9.17, 15) is 4.79 Å². The van der Waals surface area contributed by atoms with Crippen LogP contribution in [0.1, 0.15) is 19.3 Å². The molecule has 0 amide bonds. The maximum absolute atomic E-state index is 11.9. The second-order valence-electron chi connectivity index (χ2n) is 4.28. The van der Waals surface area contributed by atoms with Crippen molar-refractivity contribution in [2.24, 2.45) is 0 Å². The van der Waals surface area contributed by atoms with Crippen molar-refractivity contribution in [3.8, 4) is 0 Å². The number of aromatic nitrogens is 3. The lowest BCUT2D eigenvalue weighted by Gasteiger charge is -2.29. The fourth-order valence-corrected chi connectivity index (χ4v) is 2.29. The normalized spacial score (nSPS) is 16.4. The first kappa shape index (κ1) is 10.3. The Hall–Kier alpha value is -1.91. The van der Waals surface area contributed by atoms with Crippen LogP contribution in [0.3, 0.4) is 0 Å². The summed E-state index contributed by atoms with van der Waals surface area (Å²) in [4.78, 5) is 20.1. The highest BCUT2D eigenvalue weighted by Gasteiger charge is 2.15. The molecule has 5 nitrogen and oxygen atoms in total. The fourth-order valence-electron chi connectivity index (χ4n) is 2.29. The van der Waals surface area contributed by atoms with E-state index in [4.69, 9.17) is 0 Å². The first-order valence-corrected chi connectivity index (χ1v) is 5.94. The van der Waals surface area contributed by atoms with Crippen molar-refractivity contribution in [3.05, 3.63) is 35.0 Å². The Balaban J connectivity index is 2.19. The highest BCUT2D eigenvalue weighted by molar-refractivity contribution is 5.73. The number of piperidine rings is 1. The lowest BCUT2D eigenvalue weighted by atomic mass is 10.2. The third-order valence-electron chi connectivity index (χ3n) is 3.13. The van der Waals surface area contributed by atoms with E-state index >= 15 is 0 Å². The Morgan fingerprint density at radius 3 is 2.76 bits per heavy atom. The summed E-state index contributed by atoms with van der Waals surface area (Å²) >= 11 is 0. The van der Waals surface area contributed by atoms with Crippen LogP contribution in [0.15, 0.2) is 29.3 Å². The molecule has 0 radical (unpaired) electrons. The maximum Gasteiger partial charge on any atom is 0.368 e. The zero-order valence-corrected chi connectivity index (χ0v) is 9.54. The average Bonchev–Trinajstić information content (AvgIpc) is 2.39. The third kappa shape index (κ3) is 1.77. The fraction of sp³-hybridized carbons (Fsp3) is 0.417. The van der Waals surface area contributed by atoms with Crippen LogP contribution in [0.2, 0.25) is 0 Å². The maximum atomic E-state index is 11.9. The molecule has 0 atom stereocenters. The van der Waals surface area contributed by atoms with Gasteiger partial charge in [-0.25, -0.2) is 9.78 Å². The summed E-state index contributed by atoms with van der Waals surface area (Å²) in [5.41, 5.74) is 0.465. The molecule has 5 heteroatoms. The van der Waals surface area contributed by atoms with Gasteiger partial charge >= 0.3 is 5.69 Å². The number of nitrogens with zero attached hydrogens (tertiary/aromatic N) is 4. The Bertz CT molecular complexity index is 586. The molecule has 0 aliphatic carbocycles. The van der Waals surface area contributed by atoms with Gasteiger partial charge in [-0.2, -0.15) is 9.66 Å². The molecular formula is C12H14N4O. The standard InChI is InChI=1S/C12H14N4O/c17-12-14-9-10-5-4-6-13-11(10)16(12)15-7-2-1-3-8-15/h4-6,9H,1-3,7-8H2. The highest BCUT2D eigenvalue weighted by Crippen LogP contribution is 2.11. The lowest BCUT2D eigenvalue weighted by Crippen LogP contribution is -2.46. The van der Waals surface area contributed by atoms with Crippen molar-refractivity contribution in [3.63, 3.8) is 0 Å². The smallest absolute Gasteiger partial charge is 0.307 e.